The Hall–Kier alpha value is -3.00. The number of halogens is 2. The number of aryl methyl sites for hydroxylation is 1. The van der Waals surface area contributed by atoms with E-state index < -0.39 is 5.54 Å². The molecule has 0 radical (unpaired) electrons. The summed E-state index contributed by atoms with van der Waals surface area (Å²) in [4.78, 5) is 14.3. The zero-order valence-electron chi connectivity index (χ0n) is 16.9. The van der Waals surface area contributed by atoms with E-state index in [0.29, 0.717) is 28.6 Å². The van der Waals surface area contributed by atoms with Crippen LogP contribution < -0.4 is 9.64 Å². The van der Waals surface area contributed by atoms with Gasteiger partial charge in [-0.05, 0) is 55.3 Å². The van der Waals surface area contributed by atoms with Crippen LogP contribution in [0, 0.1) is 18.3 Å². The summed E-state index contributed by atoms with van der Waals surface area (Å²) in [7, 11) is 0. The average molecular weight is 451 g/mol. The Morgan fingerprint density at radius 2 is 1.68 bits per heavy atom. The molecule has 3 aromatic rings. The summed E-state index contributed by atoms with van der Waals surface area (Å²) in [6.45, 7) is 2.22. The second-order valence-corrected chi connectivity index (χ2v) is 8.36. The number of carbonyl (C=O) groups is 1. The molecule has 6 heteroatoms. The maximum absolute atomic E-state index is 12.7. The predicted molar refractivity (Wildman–Crippen MR) is 122 cm³/mol. The van der Waals surface area contributed by atoms with Crippen LogP contribution in [0.25, 0.3) is 0 Å². The molecule has 31 heavy (non-hydrogen) atoms. The number of nitriles is 1. The first-order valence-electron chi connectivity index (χ1n) is 9.92. The van der Waals surface area contributed by atoms with E-state index in [4.69, 9.17) is 27.9 Å². The third-order valence-electron chi connectivity index (χ3n) is 5.59. The van der Waals surface area contributed by atoms with E-state index in [9.17, 15) is 10.1 Å². The summed E-state index contributed by atoms with van der Waals surface area (Å²) in [5.41, 5.74) is 2.25. The van der Waals surface area contributed by atoms with Crippen LogP contribution in [0.2, 0.25) is 10.0 Å². The Labute approximate surface area is 191 Å². The lowest BCUT2D eigenvalue weighted by molar-refractivity contribution is -0.117. The van der Waals surface area contributed by atoms with Gasteiger partial charge < -0.3 is 4.74 Å². The van der Waals surface area contributed by atoms with E-state index in [-0.39, 0.29) is 12.5 Å². The summed E-state index contributed by atoms with van der Waals surface area (Å²) in [5.74, 6) is 0.568. The van der Waals surface area contributed by atoms with Crippen molar-refractivity contribution in [1.29, 1.82) is 5.26 Å². The average Bonchev–Trinajstić information content (AvgIpc) is 3.12. The third kappa shape index (κ3) is 3.99. The molecular weight excluding hydrogens is 431 g/mol. The smallest absolute Gasteiger partial charge is 0.228 e. The first-order valence-corrected chi connectivity index (χ1v) is 10.7. The second kappa shape index (κ2) is 8.63. The Morgan fingerprint density at radius 3 is 2.29 bits per heavy atom. The zero-order chi connectivity index (χ0) is 22.0. The fraction of sp³-hybridized carbons (Fsp3) is 0.200. The van der Waals surface area contributed by atoms with Gasteiger partial charge in [0, 0.05) is 27.7 Å². The molecule has 0 bridgehead atoms. The van der Waals surface area contributed by atoms with Gasteiger partial charge in [-0.2, -0.15) is 5.26 Å². The molecule has 1 atom stereocenters. The number of ether oxygens (including phenoxy) is 1. The number of rotatable bonds is 5. The lowest BCUT2D eigenvalue weighted by atomic mass is 9.88. The van der Waals surface area contributed by atoms with Gasteiger partial charge in [-0.25, -0.2) is 0 Å². The molecule has 0 aromatic heterocycles. The van der Waals surface area contributed by atoms with Gasteiger partial charge in [-0.15, -0.1) is 0 Å². The lowest BCUT2D eigenvalue weighted by Gasteiger charge is -2.33. The number of amides is 1. The Bertz CT molecular complexity index is 1130. The van der Waals surface area contributed by atoms with Crippen LogP contribution in [0.1, 0.15) is 29.5 Å². The summed E-state index contributed by atoms with van der Waals surface area (Å²) >= 11 is 12.4. The molecule has 0 saturated carbocycles. The van der Waals surface area contributed by atoms with Gasteiger partial charge in [0.15, 0.2) is 5.54 Å². The van der Waals surface area contributed by atoms with Crippen LogP contribution in [0.3, 0.4) is 0 Å². The summed E-state index contributed by atoms with van der Waals surface area (Å²) in [6, 6.07) is 22.7. The molecule has 1 aliphatic heterocycles. The van der Waals surface area contributed by atoms with Gasteiger partial charge in [0.1, 0.15) is 12.4 Å². The highest BCUT2D eigenvalue weighted by atomic mass is 35.5. The molecule has 1 saturated heterocycles. The van der Waals surface area contributed by atoms with Gasteiger partial charge in [0.2, 0.25) is 5.91 Å². The van der Waals surface area contributed by atoms with Crippen LogP contribution in [0.4, 0.5) is 5.69 Å². The van der Waals surface area contributed by atoms with Crippen molar-refractivity contribution >= 4 is 34.8 Å². The van der Waals surface area contributed by atoms with Crippen LogP contribution >= 0.6 is 23.2 Å². The van der Waals surface area contributed by atoms with Gasteiger partial charge >= 0.3 is 0 Å². The Balaban J connectivity index is 1.60. The highest BCUT2D eigenvalue weighted by molar-refractivity contribution is 6.35. The Morgan fingerprint density at radius 1 is 1.03 bits per heavy atom. The van der Waals surface area contributed by atoms with Crippen LogP contribution in [0.15, 0.2) is 66.7 Å². The minimum Gasteiger partial charge on any atom is -0.489 e. The highest BCUT2D eigenvalue weighted by Crippen LogP contribution is 2.42. The van der Waals surface area contributed by atoms with Crippen molar-refractivity contribution < 1.29 is 9.53 Å². The van der Waals surface area contributed by atoms with Crippen molar-refractivity contribution in [2.75, 3.05) is 4.90 Å². The maximum Gasteiger partial charge on any atom is 0.228 e. The zero-order valence-corrected chi connectivity index (χ0v) is 18.5. The van der Waals surface area contributed by atoms with Crippen molar-refractivity contribution in [3.8, 4) is 11.8 Å². The number of anilines is 1. The monoisotopic (exact) mass is 450 g/mol. The first-order chi connectivity index (χ1) is 14.9. The van der Waals surface area contributed by atoms with Crippen molar-refractivity contribution in [1.82, 2.24) is 0 Å². The van der Waals surface area contributed by atoms with Crippen LogP contribution in [-0.2, 0) is 16.9 Å². The molecule has 1 fully saturated rings. The highest BCUT2D eigenvalue weighted by Gasteiger charge is 2.48. The first kappa shape index (κ1) is 21.2. The van der Waals surface area contributed by atoms with E-state index in [1.165, 1.54) is 0 Å². The van der Waals surface area contributed by atoms with Crippen LogP contribution in [-0.4, -0.2) is 5.91 Å². The van der Waals surface area contributed by atoms with Crippen molar-refractivity contribution in [2.45, 2.75) is 31.9 Å². The van der Waals surface area contributed by atoms with Gasteiger partial charge in [-0.3, -0.25) is 9.69 Å². The fourth-order valence-electron chi connectivity index (χ4n) is 3.88. The summed E-state index contributed by atoms with van der Waals surface area (Å²) < 4.78 is 5.85. The van der Waals surface area contributed by atoms with E-state index in [1.54, 1.807) is 35.2 Å². The number of hydrogen-bond donors (Lipinski definition) is 0. The van der Waals surface area contributed by atoms with Crippen LogP contribution in [0.5, 0.6) is 5.75 Å². The van der Waals surface area contributed by atoms with Gasteiger partial charge in [0.05, 0.1) is 6.07 Å². The molecule has 0 spiro atoms. The topological polar surface area (TPSA) is 53.3 Å². The van der Waals surface area contributed by atoms with Crippen molar-refractivity contribution in [3.63, 3.8) is 0 Å². The van der Waals surface area contributed by atoms with Gasteiger partial charge in [0.25, 0.3) is 0 Å². The number of hydrogen-bond acceptors (Lipinski definition) is 3. The predicted octanol–water partition coefficient (Wildman–Crippen LogP) is 6.43. The quantitative estimate of drug-likeness (QED) is 0.450. The molecule has 4 rings (SSSR count). The number of nitrogens with zero attached hydrogens (tertiary/aromatic N) is 2. The molecule has 3 aromatic carbocycles. The van der Waals surface area contributed by atoms with Crippen molar-refractivity contribution in [3.05, 3.63) is 93.5 Å². The maximum atomic E-state index is 12.7. The lowest BCUT2D eigenvalue weighted by Crippen LogP contribution is -2.42. The molecular formula is C25H20Cl2N2O2. The van der Waals surface area contributed by atoms with E-state index >= 15 is 0 Å². The van der Waals surface area contributed by atoms with E-state index in [0.717, 1.165) is 22.4 Å². The Kier molecular flexibility index (Phi) is 5.91. The summed E-state index contributed by atoms with van der Waals surface area (Å²) in [5, 5.41) is 11.2. The largest absolute Gasteiger partial charge is 0.489 e. The third-order valence-corrected chi connectivity index (χ3v) is 6.29. The van der Waals surface area contributed by atoms with Crippen molar-refractivity contribution in [2.24, 2.45) is 0 Å². The molecule has 1 unspecified atom stereocenters. The molecule has 0 aliphatic carbocycles. The molecule has 156 valence electrons. The number of carbonyl (C=O) groups excluding carboxylic acids is 1. The standard InChI is InChI=1S/C25H20Cl2N2O2/c1-17-5-9-19(10-6-17)29-24(30)13-14-25(29,16-28)18-7-11-20(12-8-18)31-15-21-22(26)3-2-4-23(21)27/h2-12H,13-15H2,1H3. The molecule has 1 aliphatic rings. The van der Waals surface area contributed by atoms with Gasteiger partial charge in [-0.1, -0.05) is 59.1 Å². The molecule has 1 amide bonds. The molecule has 4 nitrogen and oxygen atoms in total. The minimum absolute atomic E-state index is 0.0564. The molecule has 0 N–H and O–H groups in total. The number of benzene rings is 3. The molecule has 1 heterocycles. The summed E-state index contributed by atoms with van der Waals surface area (Å²) in [6.07, 6.45) is 0.760. The SMILES string of the molecule is Cc1ccc(N2C(=O)CCC2(C#N)c2ccc(OCc3c(Cl)cccc3Cl)cc2)cc1. The second-order valence-electron chi connectivity index (χ2n) is 7.55. The normalized spacial score (nSPS) is 18.1. The van der Waals surface area contributed by atoms with E-state index in [1.807, 2.05) is 43.3 Å². The minimum atomic E-state index is -1.04. The fourth-order valence-corrected chi connectivity index (χ4v) is 4.39. The van der Waals surface area contributed by atoms with E-state index in [2.05, 4.69) is 6.07 Å².